The minimum absolute atomic E-state index is 0.108. The van der Waals surface area contributed by atoms with Crippen LogP contribution in [0.3, 0.4) is 0 Å². The van der Waals surface area contributed by atoms with Crippen molar-refractivity contribution in [1.29, 1.82) is 0 Å². The molecule has 0 radical (unpaired) electrons. The molecule has 1 atom stereocenters. The zero-order chi connectivity index (χ0) is 18.2. The molecular formula is C19H25N3O3. The van der Waals surface area contributed by atoms with Gasteiger partial charge in [-0.2, -0.15) is 0 Å². The third-order valence-electron chi connectivity index (χ3n) is 3.99. The third-order valence-corrected chi connectivity index (χ3v) is 3.99. The predicted octanol–water partition coefficient (Wildman–Crippen LogP) is 2.66. The summed E-state index contributed by atoms with van der Waals surface area (Å²) >= 11 is 0. The topological polar surface area (TPSA) is 74.7 Å². The van der Waals surface area contributed by atoms with Crippen molar-refractivity contribution in [2.24, 2.45) is 0 Å². The highest BCUT2D eigenvalue weighted by molar-refractivity contribution is 5.74. The number of aromatic nitrogens is 1. The van der Waals surface area contributed by atoms with E-state index < -0.39 is 0 Å². The van der Waals surface area contributed by atoms with Crippen molar-refractivity contribution >= 4 is 6.03 Å². The van der Waals surface area contributed by atoms with E-state index in [-0.39, 0.29) is 25.2 Å². The molecule has 0 aliphatic carbocycles. The van der Waals surface area contributed by atoms with Crippen LogP contribution >= 0.6 is 0 Å². The lowest BCUT2D eigenvalue weighted by molar-refractivity contribution is 0.171. The number of carbonyl (C=O) groups is 1. The Morgan fingerprint density at radius 1 is 1.32 bits per heavy atom. The van der Waals surface area contributed by atoms with Crippen LogP contribution in [0.2, 0.25) is 0 Å². The maximum absolute atomic E-state index is 12.6. The lowest BCUT2D eigenvalue weighted by atomic mass is 10.1. The number of rotatable bonds is 7. The maximum atomic E-state index is 12.6. The average molecular weight is 343 g/mol. The maximum Gasteiger partial charge on any atom is 0.318 e. The highest BCUT2D eigenvalue weighted by Crippen LogP contribution is 2.20. The second kappa shape index (κ2) is 9.03. The molecule has 134 valence electrons. The second-order valence-corrected chi connectivity index (χ2v) is 5.86. The number of aryl methyl sites for hydroxylation is 1. The van der Waals surface area contributed by atoms with Crippen LogP contribution in [0.15, 0.2) is 42.6 Å². The van der Waals surface area contributed by atoms with Gasteiger partial charge in [-0.25, -0.2) is 4.79 Å². The first-order valence-electron chi connectivity index (χ1n) is 8.26. The number of urea groups is 1. The van der Waals surface area contributed by atoms with Crippen LogP contribution in [0.4, 0.5) is 4.79 Å². The number of ether oxygens (including phenoxy) is 1. The van der Waals surface area contributed by atoms with Gasteiger partial charge in [0.05, 0.1) is 26.3 Å². The lowest BCUT2D eigenvalue weighted by Crippen LogP contribution is -2.42. The number of amides is 2. The Morgan fingerprint density at radius 2 is 2.08 bits per heavy atom. The summed E-state index contributed by atoms with van der Waals surface area (Å²) in [5, 5.41) is 12.3. The SMILES string of the molecule is COc1ccccc1CN(CCO)C(=O)NC(C)c1ccc(C)nc1. The summed E-state index contributed by atoms with van der Waals surface area (Å²) in [7, 11) is 1.60. The van der Waals surface area contributed by atoms with E-state index in [9.17, 15) is 9.90 Å². The Balaban J connectivity index is 2.08. The molecule has 1 aromatic heterocycles. The molecule has 2 aromatic rings. The molecule has 1 unspecified atom stereocenters. The van der Waals surface area contributed by atoms with E-state index in [0.717, 1.165) is 16.8 Å². The summed E-state index contributed by atoms with van der Waals surface area (Å²) < 4.78 is 5.34. The van der Waals surface area contributed by atoms with Crippen molar-refractivity contribution in [2.75, 3.05) is 20.3 Å². The van der Waals surface area contributed by atoms with Crippen LogP contribution in [-0.2, 0) is 6.54 Å². The molecule has 0 aliphatic heterocycles. The van der Waals surface area contributed by atoms with E-state index in [1.54, 1.807) is 18.2 Å². The van der Waals surface area contributed by atoms with E-state index in [1.807, 2.05) is 50.2 Å². The van der Waals surface area contributed by atoms with Gasteiger partial charge < -0.3 is 20.1 Å². The summed E-state index contributed by atoms with van der Waals surface area (Å²) in [5.41, 5.74) is 2.75. The quantitative estimate of drug-likeness (QED) is 0.810. The van der Waals surface area contributed by atoms with Gasteiger partial charge in [-0.15, -0.1) is 0 Å². The average Bonchev–Trinajstić information content (AvgIpc) is 2.62. The summed E-state index contributed by atoms with van der Waals surface area (Å²) in [4.78, 5) is 18.5. The van der Waals surface area contributed by atoms with Gasteiger partial charge in [0.25, 0.3) is 0 Å². The number of nitrogens with zero attached hydrogens (tertiary/aromatic N) is 2. The third kappa shape index (κ3) is 5.19. The molecule has 0 fully saturated rings. The zero-order valence-electron chi connectivity index (χ0n) is 14.9. The molecule has 0 aliphatic rings. The number of para-hydroxylation sites is 1. The van der Waals surface area contributed by atoms with E-state index in [4.69, 9.17) is 4.74 Å². The van der Waals surface area contributed by atoms with Gasteiger partial charge in [0.15, 0.2) is 0 Å². The lowest BCUT2D eigenvalue weighted by Gasteiger charge is -2.25. The molecule has 2 rings (SSSR count). The van der Waals surface area contributed by atoms with Crippen LogP contribution in [-0.4, -0.2) is 41.3 Å². The highest BCUT2D eigenvalue weighted by Gasteiger charge is 2.18. The molecule has 25 heavy (non-hydrogen) atoms. The summed E-state index contributed by atoms with van der Waals surface area (Å²) in [6, 6.07) is 11.0. The van der Waals surface area contributed by atoms with Gasteiger partial charge in [0.1, 0.15) is 5.75 Å². The van der Waals surface area contributed by atoms with Crippen molar-refractivity contribution in [1.82, 2.24) is 15.2 Å². The van der Waals surface area contributed by atoms with E-state index in [1.165, 1.54) is 0 Å². The fraction of sp³-hybridized carbons (Fsp3) is 0.368. The minimum Gasteiger partial charge on any atom is -0.496 e. The first kappa shape index (κ1) is 18.7. The van der Waals surface area contributed by atoms with Gasteiger partial charge in [0.2, 0.25) is 0 Å². The number of nitrogens with one attached hydrogen (secondary N) is 1. The number of pyridine rings is 1. The Kier molecular flexibility index (Phi) is 6.77. The van der Waals surface area contributed by atoms with Crippen molar-refractivity contribution in [2.45, 2.75) is 26.4 Å². The molecule has 0 spiro atoms. The molecule has 0 saturated carbocycles. The number of benzene rings is 1. The molecule has 0 saturated heterocycles. The monoisotopic (exact) mass is 343 g/mol. The number of hydrogen-bond acceptors (Lipinski definition) is 4. The van der Waals surface area contributed by atoms with Crippen molar-refractivity contribution in [3.05, 3.63) is 59.4 Å². The molecule has 6 heteroatoms. The molecule has 2 amide bonds. The highest BCUT2D eigenvalue weighted by atomic mass is 16.5. The molecular weight excluding hydrogens is 318 g/mol. The largest absolute Gasteiger partial charge is 0.496 e. The first-order valence-corrected chi connectivity index (χ1v) is 8.26. The predicted molar refractivity (Wildman–Crippen MR) is 96.4 cm³/mol. The van der Waals surface area contributed by atoms with Gasteiger partial charge in [0, 0.05) is 24.0 Å². The van der Waals surface area contributed by atoms with Crippen LogP contribution in [0.5, 0.6) is 5.75 Å². The molecule has 6 nitrogen and oxygen atoms in total. The summed E-state index contributed by atoms with van der Waals surface area (Å²) in [5.74, 6) is 0.717. The Morgan fingerprint density at radius 3 is 2.72 bits per heavy atom. The normalized spacial score (nSPS) is 11.7. The van der Waals surface area contributed by atoms with Crippen molar-refractivity contribution in [3.8, 4) is 5.75 Å². The second-order valence-electron chi connectivity index (χ2n) is 5.86. The number of aliphatic hydroxyl groups excluding tert-OH is 1. The van der Waals surface area contributed by atoms with Crippen LogP contribution in [0.1, 0.15) is 29.8 Å². The van der Waals surface area contributed by atoms with Gasteiger partial charge in [-0.1, -0.05) is 24.3 Å². The number of aliphatic hydroxyl groups is 1. The standard InChI is InChI=1S/C19H25N3O3/c1-14-8-9-16(12-20-14)15(2)21-19(24)22(10-11-23)13-17-6-4-5-7-18(17)25-3/h4-9,12,15,23H,10-11,13H2,1-3H3,(H,21,24). The molecule has 1 heterocycles. The smallest absolute Gasteiger partial charge is 0.318 e. The Bertz CT molecular complexity index is 689. The fourth-order valence-corrected chi connectivity index (χ4v) is 2.51. The molecule has 1 aromatic carbocycles. The van der Waals surface area contributed by atoms with Crippen molar-refractivity contribution < 1.29 is 14.6 Å². The number of hydrogen-bond donors (Lipinski definition) is 2. The van der Waals surface area contributed by atoms with Crippen LogP contribution in [0.25, 0.3) is 0 Å². The minimum atomic E-state index is -0.243. The van der Waals surface area contributed by atoms with E-state index in [0.29, 0.717) is 12.3 Å². The summed E-state index contributed by atoms with van der Waals surface area (Å²) in [6.07, 6.45) is 1.76. The van der Waals surface area contributed by atoms with Gasteiger partial charge in [-0.3, -0.25) is 4.98 Å². The van der Waals surface area contributed by atoms with Gasteiger partial charge in [-0.05, 0) is 31.5 Å². The molecule has 0 bridgehead atoms. The Hall–Kier alpha value is -2.60. The van der Waals surface area contributed by atoms with Crippen LogP contribution < -0.4 is 10.1 Å². The van der Waals surface area contributed by atoms with Gasteiger partial charge >= 0.3 is 6.03 Å². The summed E-state index contributed by atoms with van der Waals surface area (Å²) in [6.45, 7) is 4.31. The number of carbonyl (C=O) groups excluding carboxylic acids is 1. The van der Waals surface area contributed by atoms with Crippen LogP contribution in [0, 0.1) is 6.92 Å². The molecule has 2 N–H and O–H groups in total. The van der Waals surface area contributed by atoms with E-state index in [2.05, 4.69) is 10.3 Å². The Labute approximate surface area is 148 Å². The first-order chi connectivity index (χ1) is 12.0. The fourth-order valence-electron chi connectivity index (χ4n) is 2.51. The van der Waals surface area contributed by atoms with Crippen molar-refractivity contribution in [3.63, 3.8) is 0 Å². The zero-order valence-corrected chi connectivity index (χ0v) is 14.9. The number of methoxy groups -OCH3 is 1. The van der Waals surface area contributed by atoms with E-state index >= 15 is 0 Å².